The number of pyridine rings is 1. The van der Waals surface area contributed by atoms with Crippen LogP contribution in [0.1, 0.15) is 39.9 Å². The van der Waals surface area contributed by atoms with Crippen molar-refractivity contribution in [2.75, 3.05) is 40.4 Å². The molecule has 8 nitrogen and oxygen atoms in total. The number of nitrogens with zero attached hydrogens (tertiary/aromatic N) is 5. The Morgan fingerprint density at radius 1 is 1.35 bits per heavy atom. The van der Waals surface area contributed by atoms with Crippen LogP contribution in [-0.4, -0.2) is 73.6 Å². The number of rotatable bonds is 8. The van der Waals surface area contributed by atoms with Crippen molar-refractivity contribution < 1.29 is 22.6 Å². The van der Waals surface area contributed by atoms with Gasteiger partial charge in [-0.15, -0.1) is 11.3 Å². The van der Waals surface area contributed by atoms with E-state index in [1.807, 2.05) is 32.3 Å². The summed E-state index contributed by atoms with van der Waals surface area (Å²) in [4.78, 5) is 19.6. The molecule has 1 aliphatic carbocycles. The Morgan fingerprint density at radius 3 is 2.89 bits per heavy atom. The first-order valence-corrected chi connectivity index (χ1v) is 12.7. The molecule has 198 valence electrons. The normalized spacial score (nSPS) is 18.1. The van der Waals surface area contributed by atoms with Gasteiger partial charge in [0.1, 0.15) is 12.3 Å². The van der Waals surface area contributed by atoms with Gasteiger partial charge in [-0.05, 0) is 44.7 Å². The van der Waals surface area contributed by atoms with Crippen LogP contribution in [0.3, 0.4) is 0 Å². The first-order chi connectivity index (χ1) is 17.7. The number of fused-ring (bicyclic) bond motifs is 3. The number of amidine groups is 1. The molecule has 0 spiro atoms. The average Bonchev–Trinajstić information content (AvgIpc) is 3.20. The molecule has 37 heavy (non-hydrogen) atoms. The average molecular weight is 535 g/mol. The summed E-state index contributed by atoms with van der Waals surface area (Å²) >= 11 is 1.28. The van der Waals surface area contributed by atoms with Crippen molar-refractivity contribution in [1.29, 1.82) is 0 Å². The Labute approximate surface area is 217 Å². The highest BCUT2D eigenvalue weighted by molar-refractivity contribution is 7.13. The smallest absolute Gasteiger partial charge is 0.408 e. The summed E-state index contributed by atoms with van der Waals surface area (Å²) in [6, 6.07) is 3.82. The van der Waals surface area contributed by atoms with E-state index in [0.717, 1.165) is 46.8 Å². The van der Waals surface area contributed by atoms with Gasteiger partial charge in [-0.2, -0.15) is 13.2 Å². The molecule has 4 rings (SSSR count). The fourth-order valence-corrected chi connectivity index (χ4v) is 5.09. The van der Waals surface area contributed by atoms with Crippen LogP contribution in [0.2, 0.25) is 0 Å². The molecule has 0 bridgehead atoms. The number of nitrogens with two attached hydrogens (primary N) is 1. The van der Waals surface area contributed by atoms with Gasteiger partial charge >= 0.3 is 6.18 Å². The van der Waals surface area contributed by atoms with E-state index in [1.165, 1.54) is 11.3 Å². The van der Waals surface area contributed by atoms with Crippen LogP contribution in [0.15, 0.2) is 46.2 Å². The Morgan fingerprint density at radius 2 is 2.19 bits per heavy atom. The number of thiazole rings is 1. The van der Waals surface area contributed by atoms with Gasteiger partial charge in [-0.1, -0.05) is 6.08 Å². The molecule has 1 aliphatic heterocycles. The van der Waals surface area contributed by atoms with Crippen molar-refractivity contribution in [1.82, 2.24) is 14.9 Å². The van der Waals surface area contributed by atoms with Crippen molar-refractivity contribution >= 4 is 29.1 Å². The van der Waals surface area contributed by atoms with Crippen LogP contribution in [0.5, 0.6) is 5.88 Å². The highest BCUT2D eigenvalue weighted by Gasteiger charge is 2.31. The molecule has 2 N–H and O–H groups in total. The number of aromatic nitrogens is 2. The highest BCUT2D eigenvalue weighted by atomic mass is 32.1. The molecule has 0 radical (unpaired) electrons. The lowest BCUT2D eigenvalue weighted by molar-refractivity contribution is -0.118. The zero-order valence-corrected chi connectivity index (χ0v) is 21.5. The summed E-state index contributed by atoms with van der Waals surface area (Å²) < 4.78 is 49.9. The van der Waals surface area contributed by atoms with Crippen molar-refractivity contribution in [3.8, 4) is 5.88 Å². The molecule has 12 heteroatoms. The van der Waals surface area contributed by atoms with Crippen LogP contribution < -0.4 is 10.5 Å². The van der Waals surface area contributed by atoms with Gasteiger partial charge in [-0.3, -0.25) is 4.99 Å². The minimum absolute atomic E-state index is 0.119. The van der Waals surface area contributed by atoms with Crippen molar-refractivity contribution in [3.05, 3.63) is 57.4 Å². The monoisotopic (exact) mass is 534 g/mol. The third-order valence-electron chi connectivity index (χ3n) is 5.74. The second-order valence-corrected chi connectivity index (χ2v) is 9.93. The van der Waals surface area contributed by atoms with Gasteiger partial charge in [0.15, 0.2) is 10.8 Å². The highest BCUT2D eigenvalue weighted by Crippen LogP contribution is 2.41. The Hall–Kier alpha value is -3.25. The molecule has 2 aromatic heterocycles. The third kappa shape index (κ3) is 7.16. The Bertz CT molecular complexity index is 1200. The summed E-state index contributed by atoms with van der Waals surface area (Å²) in [5, 5.41) is 0.317. The standard InChI is InChI=1S/C25H29F3N6O2S/c1-34(2)9-3-10-36-21-7-5-17(13-30-21)16-4-6-18-19(12-16)35-11-8-20-22(18)33-24(37-20)23(32-15-29)31-14-25(26,27)28/h4-5,7,12-13,15,18H,3,6,8-11,14H2,1-2H3,(H2,29,31,32). The molecule has 2 aromatic rings. The predicted octanol–water partition coefficient (Wildman–Crippen LogP) is 4.19. The van der Waals surface area contributed by atoms with Crippen LogP contribution in [0, 0.1) is 0 Å². The van der Waals surface area contributed by atoms with Crippen LogP contribution in [0.4, 0.5) is 13.2 Å². The van der Waals surface area contributed by atoms with E-state index in [9.17, 15) is 13.2 Å². The number of hydrogen-bond donors (Lipinski definition) is 1. The molecule has 3 heterocycles. The lowest BCUT2D eigenvalue weighted by Gasteiger charge is -2.21. The second-order valence-electron chi connectivity index (χ2n) is 8.84. The van der Waals surface area contributed by atoms with Crippen LogP contribution >= 0.6 is 11.3 Å². The minimum atomic E-state index is -4.44. The quantitative estimate of drug-likeness (QED) is 0.310. The Balaban J connectivity index is 1.49. The molecule has 0 fully saturated rings. The number of alkyl halides is 3. The second kappa shape index (κ2) is 11.9. The lowest BCUT2D eigenvalue weighted by Crippen LogP contribution is -2.15. The van der Waals surface area contributed by atoms with Gasteiger partial charge < -0.3 is 20.1 Å². The SMILES string of the molecule is CN(C)CCCOc1ccc(C2=CCC3C(=C2)OCCc2sc(C(N=CN)=NCC(F)(F)F)nc23)cn1. The van der Waals surface area contributed by atoms with E-state index in [1.54, 1.807) is 6.20 Å². The third-order valence-corrected chi connectivity index (χ3v) is 6.86. The number of hydrogen-bond acceptors (Lipinski definition) is 7. The molecule has 1 unspecified atom stereocenters. The summed E-state index contributed by atoms with van der Waals surface area (Å²) in [6.07, 6.45) is 4.49. The van der Waals surface area contributed by atoms with Crippen molar-refractivity contribution in [3.63, 3.8) is 0 Å². The number of ether oxygens (including phenoxy) is 2. The zero-order valence-electron chi connectivity index (χ0n) is 20.7. The summed E-state index contributed by atoms with van der Waals surface area (Å²) in [5.74, 6) is 1.10. The van der Waals surface area contributed by atoms with Gasteiger partial charge in [0.2, 0.25) is 5.88 Å². The molecule has 0 saturated carbocycles. The zero-order chi connectivity index (χ0) is 26.4. The molecule has 0 saturated heterocycles. The molecule has 1 atom stereocenters. The maximum atomic E-state index is 12.7. The van der Waals surface area contributed by atoms with E-state index in [2.05, 4.69) is 30.9 Å². The maximum Gasteiger partial charge on any atom is 0.408 e. The summed E-state index contributed by atoms with van der Waals surface area (Å²) in [7, 11) is 4.05. The van der Waals surface area contributed by atoms with E-state index >= 15 is 0 Å². The summed E-state index contributed by atoms with van der Waals surface area (Å²) in [6.45, 7) is 0.646. The van der Waals surface area contributed by atoms with Gasteiger partial charge in [-0.25, -0.2) is 15.0 Å². The van der Waals surface area contributed by atoms with E-state index in [4.69, 9.17) is 15.2 Å². The fourth-order valence-electron chi connectivity index (χ4n) is 4.03. The molecule has 0 amide bonds. The molecule has 0 aromatic carbocycles. The summed E-state index contributed by atoms with van der Waals surface area (Å²) in [5.41, 5.74) is 8.06. The molecule has 2 aliphatic rings. The Kier molecular flexibility index (Phi) is 8.59. The van der Waals surface area contributed by atoms with E-state index < -0.39 is 12.7 Å². The van der Waals surface area contributed by atoms with Gasteiger partial charge in [0.25, 0.3) is 0 Å². The van der Waals surface area contributed by atoms with Gasteiger partial charge in [0.05, 0.1) is 31.2 Å². The first kappa shape index (κ1) is 26.8. The minimum Gasteiger partial charge on any atom is -0.497 e. The van der Waals surface area contributed by atoms with Gasteiger partial charge in [0, 0.05) is 35.7 Å². The molecular weight excluding hydrogens is 505 g/mol. The van der Waals surface area contributed by atoms with Crippen LogP contribution in [0.25, 0.3) is 5.57 Å². The largest absolute Gasteiger partial charge is 0.497 e. The van der Waals surface area contributed by atoms with Crippen molar-refractivity contribution in [2.24, 2.45) is 15.7 Å². The first-order valence-electron chi connectivity index (χ1n) is 11.9. The van der Waals surface area contributed by atoms with E-state index in [0.29, 0.717) is 36.9 Å². The molecular formula is C25H29F3N6O2S. The maximum absolute atomic E-state index is 12.7. The number of allylic oxidation sites excluding steroid dienone is 4. The van der Waals surface area contributed by atoms with Crippen molar-refractivity contribution in [2.45, 2.75) is 31.4 Å². The van der Waals surface area contributed by atoms with Crippen LogP contribution in [-0.2, 0) is 11.2 Å². The lowest BCUT2D eigenvalue weighted by atomic mass is 9.89. The fraction of sp³-hybridized carbons (Fsp3) is 0.440. The van der Waals surface area contributed by atoms with E-state index in [-0.39, 0.29) is 11.8 Å². The topological polar surface area (TPSA) is 98.2 Å². The number of halogens is 3. The predicted molar refractivity (Wildman–Crippen MR) is 138 cm³/mol. The number of aliphatic imine (C=N–C) groups is 2.